The molecule has 1 aromatic rings. The van der Waals surface area contributed by atoms with Gasteiger partial charge in [0.15, 0.2) is 0 Å². The third-order valence-electron chi connectivity index (χ3n) is 4.31. The molecule has 0 bridgehead atoms. The van der Waals surface area contributed by atoms with Crippen LogP contribution < -0.4 is 10.6 Å². The molecule has 1 heterocycles. The molecule has 1 unspecified atom stereocenters. The zero-order chi connectivity index (χ0) is 13.1. The van der Waals surface area contributed by atoms with Crippen molar-refractivity contribution >= 4 is 18.3 Å². The standard InChI is InChI=1S/C16H22N2O.ClH/c19-16(15-9-3-4-11-17-15)18-14-10-5-7-12-6-1-2-8-13(12)14;/h1-2,6,8,14-15,17H,3-5,7,9-11H2,(H,18,19);1H/t14?,15-;/m1./s1. The van der Waals surface area contributed by atoms with E-state index < -0.39 is 0 Å². The summed E-state index contributed by atoms with van der Waals surface area (Å²) in [7, 11) is 0. The van der Waals surface area contributed by atoms with Crippen molar-refractivity contribution in [1.82, 2.24) is 10.6 Å². The van der Waals surface area contributed by atoms with Crippen LogP contribution in [-0.4, -0.2) is 18.5 Å². The normalized spacial score (nSPS) is 25.2. The number of hydrogen-bond acceptors (Lipinski definition) is 2. The van der Waals surface area contributed by atoms with Gasteiger partial charge in [-0.15, -0.1) is 12.4 Å². The second-order valence-electron chi connectivity index (χ2n) is 5.65. The van der Waals surface area contributed by atoms with Gasteiger partial charge in [0.25, 0.3) is 0 Å². The average Bonchev–Trinajstić information content (AvgIpc) is 2.48. The largest absolute Gasteiger partial charge is 0.348 e. The second kappa shape index (κ2) is 7.09. The molecule has 4 heteroatoms. The predicted molar refractivity (Wildman–Crippen MR) is 83.2 cm³/mol. The number of aryl methyl sites for hydroxylation is 1. The second-order valence-corrected chi connectivity index (χ2v) is 5.65. The molecule has 0 saturated carbocycles. The molecule has 3 rings (SSSR count). The van der Waals surface area contributed by atoms with Crippen LogP contribution in [0, 0.1) is 0 Å². The summed E-state index contributed by atoms with van der Waals surface area (Å²) in [6.07, 6.45) is 6.70. The number of fused-ring (bicyclic) bond motifs is 1. The van der Waals surface area contributed by atoms with Crippen molar-refractivity contribution in [2.24, 2.45) is 0 Å². The van der Waals surface area contributed by atoms with Crippen LogP contribution in [0.3, 0.4) is 0 Å². The van der Waals surface area contributed by atoms with E-state index in [9.17, 15) is 4.79 Å². The van der Waals surface area contributed by atoms with Crippen molar-refractivity contribution in [3.63, 3.8) is 0 Å². The van der Waals surface area contributed by atoms with Gasteiger partial charge in [0.05, 0.1) is 12.1 Å². The summed E-state index contributed by atoms with van der Waals surface area (Å²) >= 11 is 0. The van der Waals surface area contributed by atoms with Gasteiger partial charge in [-0.25, -0.2) is 0 Å². The van der Waals surface area contributed by atoms with E-state index in [-0.39, 0.29) is 30.4 Å². The van der Waals surface area contributed by atoms with Gasteiger partial charge in [-0.05, 0) is 49.8 Å². The van der Waals surface area contributed by atoms with Crippen LogP contribution in [-0.2, 0) is 11.2 Å². The summed E-state index contributed by atoms with van der Waals surface area (Å²) in [4.78, 5) is 12.3. The monoisotopic (exact) mass is 294 g/mol. The van der Waals surface area contributed by atoms with Gasteiger partial charge in [-0.2, -0.15) is 0 Å². The van der Waals surface area contributed by atoms with Gasteiger partial charge >= 0.3 is 0 Å². The molecule has 2 atom stereocenters. The van der Waals surface area contributed by atoms with E-state index >= 15 is 0 Å². The van der Waals surface area contributed by atoms with Gasteiger partial charge in [-0.3, -0.25) is 4.79 Å². The molecular formula is C16H23ClN2O. The lowest BCUT2D eigenvalue weighted by atomic mass is 9.87. The predicted octanol–water partition coefficient (Wildman–Crippen LogP) is 2.74. The van der Waals surface area contributed by atoms with E-state index in [1.165, 1.54) is 24.0 Å². The average molecular weight is 295 g/mol. The van der Waals surface area contributed by atoms with Crippen LogP contribution in [0.5, 0.6) is 0 Å². The number of rotatable bonds is 2. The van der Waals surface area contributed by atoms with Crippen LogP contribution in [0.15, 0.2) is 24.3 Å². The Hall–Kier alpha value is -1.06. The minimum atomic E-state index is 0. The summed E-state index contributed by atoms with van der Waals surface area (Å²) in [5.74, 6) is 0.182. The number of carbonyl (C=O) groups excluding carboxylic acids is 1. The SMILES string of the molecule is Cl.O=C(NC1CCCc2ccccc21)[C@H]1CCCCN1. The summed E-state index contributed by atoms with van der Waals surface area (Å²) in [6, 6.07) is 8.73. The highest BCUT2D eigenvalue weighted by molar-refractivity contribution is 5.85. The number of halogens is 1. The van der Waals surface area contributed by atoms with Crippen molar-refractivity contribution in [1.29, 1.82) is 0 Å². The molecule has 2 N–H and O–H groups in total. The van der Waals surface area contributed by atoms with Gasteiger partial charge in [0.1, 0.15) is 0 Å². The lowest BCUT2D eigenvalue weighted by Gasteiger charge is -2.29. The van der Waals surface area contributed by atoms with E-state index in [2.05, 4.69) is 34.9 Å². The molecule has 3 nitrogen and oxygen atoms in total. The molecule has 1 amide bonds. The van der Waals surface area contributed by atoms with Crippen LogP contribution in [0.25, 0.3) is 0 Å². The van der Waals surface area contributed by atoms with E-state index in [4.69, 9.17) is 0 Å². The highest BCUT2D eigenvalue weighted by atomic mass is 35.5. The Morgan fingerprint density at radius 3 is 2.80 bits per heavy atom. The number of piperidine rings is 1. The van der Waals surface area contributed by atoms with E-state index in [1.807, 2.05) is 0 Å². The maximum Gasteiger partial charge on any atom is 0.237 e. The van der Waals surface area contributed by atoms with Crippen molar-refractivity contribution in [2.45, 2.75) is 50.6 Å². The third-order valence-corrected chi connectivity index (χ3v) is 4.31. The molecule has 1 saturated heterocycles. The molecule has 0 spiro atoms. The number of carbonyl (C=O) groups is 1. The first-order chi connectivity index (χ1) is 9.34. The van der Waals surface area contributed by atoms with E-state index in [1.54, 1.807) is 0 Å². The lowest BCUT2D eigenvalue weighted by Crippen LogP contribution is -2.47. The molecule has 0 aromatic heterocycles. The van der Waals surface area contributed by atoms with Gasteiger partial charge in [0, 0.05) is 0 Å². The summed E-state index contributed by atoms with van der Waals surface area (Å²) in [6.45, 7) is 0.972. The minimum Gasteiger partial charge on any atom is -0.348 e. The topological polar surface area (TPSA) is 41.1 Å². The van der Waals surface area contributed by atoms with Crippen molar-refractivity contribution in [3.05, 3.63) is 35.4 Å². The molecule has 1 aromatic carbocycles. The van der Waals surface area contributed by atoms with Crippen molar-refractivity contribution < 1.29 is 4.79 Å². The van der Waals surface area contributed by atoms with Gasteiger partial charge in [0.2, 0.25) is 5.91 Å². The molecule has 1 aliphatic heterocycles. The molecular weight excluding hydrogens is 272 g/mol. The number of hydrogen-bond donors (Lipinski definition) is 2. The van der Waals surface area contributed by atoms with Crippen molar-refractivity contribution in [2.75, 3.05) is 6.54 Å². The Balaban J connectivity index is 0.00000147. The molecule has 2 aliphatic rings. The first-order valence-corrected chi connectivity index (χ1v) is 7.46. The molecule has 110 valence electrons. The van der Waals surface area contributed by atoms with Crippen LogP contribution in [0.1, 0.15) is 49.3 Å². The third kappa shape index (κ3) is 3.33. The molecule has 0 radical (unpaired) electrons. The van der Waals surface area contributed by atoms with E-state index in [0.717, 1.165) is 32.2 Å². The molecule has 1 fully saturated rings. The van der Waals surface area contributed by atoms with Crippen molar-refractivity contribution in [3.8, 4) is 0 Å². The van der Waals surface area contributed by atoms with E-state index in [0.29, 0.717) is 0 Å². The quantitative estimate of drug-likeness (QED) is 0.880. The number of amides is 1. The fraction of sp³-hybridized carbons (Fsp3) is 0.562. The Bertz CT molecular complexity index is 458. The fourth-order valence-electron chi connectivity index (χ4n) is 3.25. The van der Waals surface area contributed by atoms with Crippen LogP contribution >= 0.6 is 12.4 Å². The summed E-state index contributed by atoms with van der Waals surface area (Å²) in [5.41, 5.74) is 2.72. The summed E-state index contributed by atoms with van der Waals surface area (Å²) in [5, 5.41) is 6.56. The maximum absolute atomic E-state index is 12.3. The zero-order valence-corrected chi connectivity index (χ0v) is 12.5. The van der Waals surface area contributed by atoms with Gasteiger partial charge in [-0.1, -0.05) is 30.7 Å². The molecule has 20 heavy (non-hydrogen) atoms. The van der Waals surface area contributed by atoms with Crippen LogP contribution in [0.4, 0.5) is 0 Å². The lowest BCUT2D eigenvalue weighted by molar-refractivity contribution is -0.124. The highest BCUT2D eigenvalue weighted by Crippen LogP contribution is 2.29. The Morgan fingerprint density at radius 1 is 1.15 bits per heavy atom. The first kappa shape index (κ1) is 15.3. The zero-order valence-electron chi connectivity index (χ0n) is 11.7. The maximum atomic E-state index is 12.3. The van der Waals surface area contributed by atoms with Gasteiger partial charge < -0.3 is 10.6 Å². The fourth-order valence-corrected chi connectivity index (χ4v) is 3.25. The highest BCUT2D eigenvalue weighted by Gasteiger charge is 2.26. The van der Waals surface area contributed by atoms with Crippen LogP contribution in [0.2, 0.25) is 0 Å². The smallest absolute Gasteiger partial charge is 0.237 e. The Labute approximate surface area is 126 Å². The Morgan fingerprint density at radius 2 is 2.00 bits per heavy atom. The summed E-state index contributed by atoms with van der Waals surface area (Å²) < 4.78 is 0. The number of benzene rings is 1. The molecule has 1 aliphatic carbocycles. The first-order valence-electron chi connectivity index (χ1n) is 7.46. The minimum absolute atomic E-state index is 0. The Kier molecular flexibility index (Phi) is 5.44. The number of nitrogens with one attached hydrogen (secondary N) is 2.